The summed E-state index contributed by atoms with van der Waals surface area (Å²) in [7, 11) is 3.55. The van der Waals surface area contributed by atoms with Gasteiger partial charge in [0.25, 0.3) is 5.91 Å². The number of rotatable bonds is 3. The molecule has 94 valence electrons. The summed E-state index contributed by atoms with van der Waals surface area (Å²) >= 11 is 1.37. The van der Waals surface area contributed by atoms with E-state index in [1.54, 1.807) is 31.5 Å². The van der Waals surface area contributed by atoms with Crippen LogP contribution >= 0.6 is 11.3 Å². The number of hydrogen-bond acceptors (Lipinski definition) is 5. The number of nitrogens with one attached hydrogen (secondary N) is 1. The molecule has 1 amide bonds. The van der Waals surface area contributed by atoms with Crippen LogP contribution in [-0.4, -0.2) is 35.0 Å². The third-order valence-corrected chi connectivity index (χ3v) is 3.44. The van der Waals surface area contributed by atoms with Crippen molar-refractivity contribution in [2.75, 3.05) is 14.1 Å². The lowest BCUT2D eigenvalue weighted by Crippen LogP contribution is -2.35. The fourth-order valence-electron chi connectivity index (χ4n) is 1.47. The van der Waals surface area contributed by atoms with Crippen molar-refractivity contribution in [2.45, 2.75) is 6.92 Å². The summed E-state index contributed by atoms with van der Waals surface area (Å²) in [5.41, 5.74) is 4.37. The van der Waals surface area contributed by atoms with Gasteiger partial charge < -0.3 is 0 Å². The Morgan fingerprint density at radius 2 is 2.22 bits per heavy atom. The maximum Gasteiger partial charge on any atom is 0.277 e. The van der Waals surface area contributed by atoms with Crippen LogP contribution in [0.25, 0.3) is 10.6 Å². The van der Waals surface area contributed by atoms with Crippen LogP contribution in [-0.2, 0) is 0 Å². The number of aryl methyl sites for hydroxylation is 1. The summed E-state index contributed by atoms with van der Waals surface area (Å²) < 4.78 is 0. The highest BCUT2D eigenvalue weighted by molar-refractivity contribution is 7.17. The Morgan fingerprint density at radius 3 is 2.83 bits per heavy atom. The molecule has 0 saturated heterocycles. The smallest absolute Gasteiger partial charge is 0.277 e. The van der Waals surface area contributed by atoms with Crippen molar-refractivity contribution < 1.29 is 4.79 Å². The largest absolute Gasteiger partial charge is 0.285 e. The van der Waals surface area contributed by atoms with Gasteiger partial charge in [-0.15, -0.1) is 11.3 Å². The Morgan fingerprint density at radius 1 is 1.44 bits per heavy atom. The number of carbonyl (C=O) groups excluding carboxylic acids is 1. The van der Waals surface area contributed by atoms with Gasteiger partial charge in [-0.1, -0.05) is 0 Å². The standard InChI is InChI=1S/C12H14N4OS/c1-8-10(11(17)15-16(2)3)18-12(14-8)9-5-4-6-13-7-9/h4-7H,1-3H3,(H,15,17). The van der Waals surface area contributed by atoms with E-state index in [2.05, 4.69) is 15.4 Å². The van der Waals surface area contributed by atoms with Crippen molar-refractivity contribution in [3.05, 3.63) is 35.1 Å². The lowest BCUT2D eigenvalue weighted by Gasteiger charge is -2.10. The van der Waals surface area contributed by atoms with Gasteiger partial charge in [-0.2, -0.15) is 0 Å². The zero-order valence-electron chi connectivity index (χ0n) is 10.5. The number of hydrogen-bond donors (Lipinski definition) is 1. The van der Waals surface area contributed by atoms with Crippen LogP contribution in [0.5, 0.6) is 0 Å². The Kier molecular flexibility index (Phi) is 3.69. The van der Waals surface area contributed by atoms with Gasteiger partial charge in [-0.25, -0.2) is 9.99 Å². The van der Waals surface area contributed by atoms with Gasteiger partial charge in [0.1, 0.15) is 9.88 Å². The summed E-state index contributed by atoms with van der Waals surface area (Å²) in [5, 5.41) is 2.43. The minimum absolute atomic E-state index is 0.134. The van der Waals surface area contributed by atoms with Gasteiger partial charge in [0.05, 0.1) is 5.69 Å². The van der Waals surface area contributed by atoms with E-state index >= 15 is 0 Å². The summed E-state index contributed by atoms with van der Waals surface area (Å²) in [6.45, 7) is 1.83. The highest BCUT2D eigenvalue weighted by Crippen LogP contribution is 2.27. The predicted molar refractivity (Wildman–Crippen MR) is 71.2 cm³/mol. The van der Waals surface area contributed by atoms with Gasteiger partial charge in [0, 0.05) is 32.1 Å². The van der Waals surface area contributed by atoms with E-state index < -0.39 is 0 Å². The normalized spacial score (nSPS) is 10.7. The summed E-state index contributed by atoms with van der Waals surface area (Å²) in [5.74, 6) is -0.134. The van der Waals surface area contributed by atoms with Gasteiger partial charge >= 0.3 is 0 Å². The quantitative estimate of drug-likeness (QED) is 0.856. The van der Waals surface area contributed by atoms with Crippen molar-refractivity contribution in [1.29, 1.82) is 0 Å². The van der Waals surface area contributed by atoms with Crippen LogP contribution in [0.3, 0.4) is 0 Å². The zero-order valence-corrected chi connectivity index (χ0v) is 11.3. The number of amides is 1. The minimum atomic E-state index is -0.134. The predicted octanol–water partition coefficient (Wildman–Crippen LogP) is 1.72. The van der Waals surface area contributed by atoms with Gasteiger partial charge in [-0.05, 0) is 19.1 Å². The molecule has 2 aromatic rings. The van der Waals surface area contributed by atoms with E-state index in [0.29, 0.717) is 4.88 Å². The summed E-state index contributed by atoms with van der Waals surface area (Å²) in [4.78, 5) is 21.0. The first-order chi connectivity index (χ1) is 8.58. The molecule has 2 rings (SSSR count). The first-order valence-corrected chi connectivity index (χ1v) is 6.25. The Hall–Kier alpha value is -1.79. The van der Waals surface area contributed by atoms with Crippen molar-refractivity contribution in [3.8, 4) is 10.6 Å². The van der Waals surface area contributed by atoms with Gasteiger partial charge in [0.2, 0.25) is 0 Å². The lowest BCUT2D eigenvalue weighted by atomic mass is 10.3. The van der Waals surface area contributed by atoms with E-state index in [1.165, 1.54) is 11.3 Å². The van der Waals surface area contributed by atoms with E-state index in [-0.39, 0.29) is 5.91 Å². The van der Waals surface area contributed by atoms with Crippen molar-refractivity contribution in [1.82, 2.24) is 20.4 Å². The molecule has 0 saturated carbocycles. The molecule has 0 aliphatic heterocycles. The number of nitrogens with zero attached hydrogens (tertiary/aromatic N) is 3. The molecular weight excluding hydrogens is 248 g/mol. The van der Waals surface area contributed by atoms with Gasteiger partial charge in [-0.3, -0.25) is 15.2 Å². The Bertz CT molecular complexity index is 550. The topological polar surface area (TPSA) is 58.1 Å². The number of pyridine rings is 1. The minimum Gasteiger partial charge on any atom is -0.285 e. The SMILES string of the molecule is Cc1nc(-c2cccnc2)sc1C(=O)NN(C)C. The first kappa shape index (κ1) is 12.7. The molecule has 1 N–H and O–H groups in total. The first-order valence-electron chi connectivity index (χ1n) is 5.44. The van der Waals surface area contributed by atoms with Crippen LogP contribution in [0.2, 0.25) is 0 Å². The molecule has 18 heavy (non-hydrogen) atoms. The lowest BCUT2D eigenvalue weighted by molar-refractivity contribution is 0.0860. The number of aromatic nitrogens is 2. The van der Waals surface area contributed by atoms with E-state index in [0.717, 1.165) is 16.3 Å². The van der Waals surface area contributed by atoms with Crippen molar-refractivity contribution in [3.63, 3.8) is 0 Å². The summed E-state index contributed by atoms with van der Waals surface area (Å²) in [6, 6.07) is 3.78. The second kappa shape index (κ2) is 5.24. The molecule has 6 heteroatoms. The Balaban J connectivity index is 2.30. The molecule has 0 aliphatic rings. The van der Waals surface area contributed by atoms with Crippen LogP contribution in [0, 0.1) is 6.92 Å². The summed E-state index contributed by atoms with van der Waals surface area (Å²) in [6.07, 6.45) is 3.45. The molecule has 0 radical (unpaired) electrons. The number of hydrazine groups is 1. The van der Waals surface area contributed by atoms with Crippen molar-refractivity contribution in [2.24, 2.45) is 0 Å². The molecular formula is C12H14N4OS. The second-order valence-electron chi connectivity index (χ2n) is 4.01. The fourth-order valence-corrected chi connectivity index (χ4v) is 2.42. The van der Waals surface area contributed by atoms with E-state index in [4.69, 9.17) is 0 Å². The molecule has 0 unspecified atom stereocenters. The fraction of sp³-hybridized carbons (Fsp3) is 0.250. The molecule has 2 heterocycles. The third-order valence-electron chi connectivity index (χ3n) is 2.24. The van der Waals surface area contributed by atoms with Crippen LogP contribution in [0.4, 0.5) is 0 Å². The molecule has 0 spiro atoms. The molecule has 0 atom stereocenters. The van der Waals surface area contributed by atoms with Crippen LogP contribution < -0.4 is 5.43 Å². The Labute approximate surface area is 109 Å². The van der Waals surface area contributed by atoms with Crippen LogP contribution in [0.1, 0.15) is 15.4 Å². The maximum absolute atomic E-state index is 11.9. The number of thiazole rings is 1. The molecule has 0 aliphatic carbocycles. The highest BCUT2D eigenvalue weighted by Gasteiger charge is 2.16. The monoisotopic (exact) mass is 262 g/mol. The molecule has 0 aromatic carbocycles. The van der Waals surface area contributed by atoms with Crippen molar-refractivity contribution >= 4 is 17.2 Å². The molecule has 0 fully saturated rings. The zero-order chi connectivity index (χ0) is 13.1. The molecule has 2 aromatic heterocycles. The molecule has 0 bridgehead atoms. The van der Waals surface area contributed by atoms with E-state index in [9.17, 15) is 4.79 Å². The van der Waals surface area contributed by atoms with E-state index in [1.807, 2.05) is 19.1 Å². The van der Waals surface area contributed by atoms with Crippen LogP contribution in [0.15, 0.2) is 24.5 Å². The van der Waals surface area contributed by atoms with Gasteiger partial charge in [0.15, 0.2) is 0 Å². The molecule has 5 nitrogen and oxygen atoms in total. The second-order valence-corrected chi connectivity index (χ2v) is 5.01. The average molecular weight is 262 g/mol. The maximum atomic E-state index is 11.9. The number of carbonyl (C=O) groups is 1. The highest BCUT2D eigenvalue weighted by atomic mass is 32.1. The third kappa shape index (κ3) is 2.72. The average Bonchev–Trinajstić information content (AvgIpc) is 2.72.